The largest absolute Gasteiger partial charge is 0.396 e. The van der Waals surface area contributed by atoms with Gasteiger partial charge in [-0.2, -0.15) is 0 Å². The topological polar surface area (TPSA) is 62.4 Å². The molecular weight excluding hydrogens is 216 g/mol. The lowest BCUT2D eigenvalue weighted by Gasteiger charge is -2.24. The Morgan fingerprint density at radius 2 is 2.38 bits per heavy atom. The molecule has 1 aliphatic rings. The van der Waals surface area contributed by atoms with Crippen molar-refractivity contribution in [3.05, 3.63) is 18.3 Å². The number of rotatable bonds is 2. The Labute approximate surface area is 91.7 Å². The number of aromatic nitrogens is 1. The van der Waals surface area contributed by atoms with Crippen molar-refractivity contribution in [2.24, 2.45) is 0 Å². The number of pyridine rings is 1. The van der Waals surface area contributed by atoms with Crippen LogP contribution in [0, 0.1) is 0 Å². The Kier molecular flexibility index (Phi) is 2.67. The molecule has 16 heavy (non-hydrogen) atoms. The molecule has 3 N–H and O–H groups in total. The van der Waals surface area contributed by atoms with Gasteiger partial charge in [0.1, 0.15) is 0 Å². The molecular formula is C10H13F2N3O. The van der Waals surface area contributed by atoms with Crippen molar-refractivity contribution in [1.29, 1.82) is 0 Å². The number of hydrogen-bond donors (Lipinski definition) is 2. The number of anilines is 2. The van der Waals surface area contributed by atoms with Gasteiger partial charge < -0.3 is 15.7 Å². The van der Waals surface area contributed by atoms with Gasteiger partial charge in [0.25, 0.3) is 5.92 Å². The maximum Gasteiger partial charge on any atom is 0.267 e. The van der Waals surface area contributed by atoms with Crippen molar-refractivity contribution in [3.8, 4) is 0 Å². The number of halogens is 2. The van der Waals surface area contributed by atoms with Crippen LogP contribution in [-0.4, -0.2) is 35.2 Å². The van der Waals surface area contributed by atoms with E-state index in [0.29, 0.717) is 11.5 Å². The second-order valence-electron chi connectivity index (χ2n) is 3.94. The molecule has 1 saturated heterocycles. The summed E-state index contributed by atoms with van der Waals surface area (Å²) in [4.78, 5) is 5.35. The molecule has 1 aromatic heterocycles. The van der Waals surface area contributed by atoms with Crippen molar-refractivity contribution in [1.82, 2.24) is 4.98 Å². The quantitative estimate of drug-likeness (QED) is 0.790. The molecule has 2 heterocycles. The maximum absolute atomic E-state index is 13.2. The summed E-state index contributed by atoms with van der Waals surface area (Å²) >= 11 is 0. The van der Waals surface area contributed by atoms with Crippen molar-refractivity contribution >= 4 is 11.5 Å². The molecule has 0 aliphatic carbocycles. The monoisotopic (exact) mass is 229 g/mol. The highest BCUT2D eigenvalue weighted by Crippen LogP contribution is 2.36. The summed E-state index contributed by atoms with van der Waals surface area (Å²) in [5, 5.41) is 9.08. The first-order valence-corrected chi connectivity index (χ1v) is 4.99. The molecule has 0 bridgehead atoms. The van der Waals surface area contributed by atoms with E-state index in [1.807, 2.05) is 0 Å². The van der Waals surface area contributed by atoms with Crippen LogP contribution >= 0.6 is 0 Å². The van der Waals surface area contributed by atoms with E-state index >= 15 is 0 Å². The second kappa shape index (κ2) is 3.86. The molecule has 0 amide bonds. The number of hydrogen-bond acceptors (Lipinski definition) is 4. The second-order valence-corrected chi connectivity index (χ2v) is 3.94. The zero-order chi connectivity index (χ0) is 11.8. The van der Waals surface area contributed by atoms with E-state index in [2.05, 4.69) is 4.98 Å². The third-order valence-electron chi connectivity index (χ3n) is 2.68. The molecule has 1 aliphatic heterocycles. The summed E-state index contributed by atoms with van der Waals surface area (Å²) in [7, 11) is 0. The van der Waals surface area contributed by atoms with Crippen LogP contribution in [-0.2, 0) is 0 Å². The van der Waals surface area contributed by atoms with Crippen molar-refractivity contribution in [2.45, 2.75) is 18.4 Å². The van der Waals surface area contributed by atoms with Crippen LogP contribution in [0.3, 0.4) is 0 Å². The molecule has 0 unspecified atom stereocenters. The Balaban J connectivity index is 2.30. The third kappa shape index (κ3) is 1.92. The van der Waals surface area contributed by atoms with Gasteiger partial charge in [-0.25, -0.2) is 13.8 Å². The fraction of sp³-hybridized carbons (Fsp3) is 0.500. The minimum absolute atomic E-state index is 0.318. The van der Waals surface area contributed by atoms with Gasteiger partial charge in [0.15, 0.2) is 5.82 Å². The first kappa shape index (κ1) is 11.1. The standard InChI is InChI=1S/C10H13F2N3O/c11-10(12)4-7(5-16)15(6-10)9-8(13)2-1-3-14-9/h1-3,7,16H,4-6,13H2/t7-/m0/s1. The Hall–Kier alpha value is -1.43. The third-order valence-corrected chi connectivity index (χ3v) is 2.68. The summed E-state index contributed by atoms with van der Waals surface area (Å²) < 4.78 is 26.5. The van der Waals surface area contributed by atoms with E-state index in [4.69, 9.17) is 10.8 Å². The number of nitrogen functional groups attached to an aromatic ring is 1. The van der Waals surface area contributed by atoms with E-state index < -0.39 is 18.5 Å². The molecule has 1 atom stereocenters. The molecule has 1 fully saturated rings. The van der Waals surface area contributed by atoms with E-state index in [9.17, 15) is 8.78 Å². The number of alkyl halides is 2. The highest BCUT2D eigenvalue weighted by Gasteiger charge is 2.45. The number of nitrogens with zero attached hydrogens (tertiary/aromatic N) is 2. The van der Waals surface area contributed by atoms with Crippen LogP contribution in [0.25, 0.3) is 0 Å². The van der Waals surface area contributed by atoms with Crippen molar-refractivity contribution in [2.75, 3.05) is 23.8 Å². The van der Waals surface area contributed by atoms with Gasteiger partial charge in [-0.05, 0) is 12.1 Å². The molecule has 0 spiro atoms. The van der Waals surface area contributed by atoms with E-state index in [-0.39, 0.29) is 13.0 Å². The summed E-state index contributed by atoms with van der Waals surface area (Å²) in [6.45, 7) is -0.773. The highest BCUT2D eigenvalue weighted by atomic mass is 19.3. The van der Waals surface area contributed by atoms with Gasteiger partial charge in [-0.3, -0.25) is 0 Å². The zero-order valence-electron chi connectivity index (χ0n) is 8.61. The summed E-state index contributed by atoms with van der Waals surface area (Å²) in [5.74, 6) is -2.48. The van der Waals surface area contributed by atoms with Crippen LogP contribution in [0.5, 0.6) is 0 Å². The lowest BCUT2D eigenvalue weighted by atomic mass is 10.2. The lowest BCUT2D eigenvalue weighted by Crippen LogP contribution is -2.34. The Morgan fingerprint density at radius 3 is 3.00 bits per heavy atom. The Morgan fingerprint density at radius 1 is 1.62 bits per heavy atom. The predicted octanol–water partition coefficient (Wildman–Crippen LogP) is 0.870. The van der Waals surface area contributed by atoms with E-state index in [1.165, 1.54) is 11.1 Å². The summed E-state index contributed by atoms with van der Waals surface area (Å²) in [5.41, 5.74) is 6.02. The fourth-order valence-corrected chi connectivity index (χ4v) is 1.96. The average molecular weight is 229 g/mol. The van der Waals surface area contributed by atoms with Crippen molar-refractivity contribution in [3.63, 3.8) is 0 Å². The smallest absolute Gasteiger partial charge is 0.267 e. The average Bonchev–Trinajstić information content (AvgIpc) is 2.54. The maximum atomic E-state index is 13.2. The van der Waals surface area contributed by atoms with Crippen molar-refractivity contribution < 1.29 is 13.9 Å². The van der Waals surface area contributed by atoms with Crippen LogP contribution in [0.15, 0.2) is 18.3 Å². The SMILES string of the molecule is Nc1cccnc1N1CC(F)(F)C[C@H]1CO. The lowest BCUT2D eigenvalue weighted by molar-refractivity contribution is 0.0201. The molecule has 1 aromatic rings. The molecule has 0 aromatic carbocycles. The number of aliphatic hydroxyl groups is 1. The molecule has 0 saturated carbocycles. The Bertz CT molecular complexity index is 386. The van der Waals surface area contributed by atoms with Crippen LogP contribution in [0.2, 0.25) is 0 Å². The molecule has 6 heteroatoms. The molecule has 4 nitrogen and oxygen atoms in total. The first-order chi connectivity index (χ1) is 7.53. The van der Waals surface area contributed by atoms with E-state index in [1.54, 1.807) is 12.1 Å². The summed E-state index contributed by atoms with van der Waals surface area (Å²) in [6.07, 6.45) is 1.14. The molecule has 88 valence electrons. The van der Waals surface area contributed by atoms with Gasteiger partial charge in [-0.1, -0.05) is 0 Å². The molecule has 0 radical (unpaired) electrons. The van der Waals surface area contributed by atoms with Crippen LogP contribution in [0.4, 0.5) is 20.3 Å². The number of nitrogens with two attached hydrogens (primary N) is 1. The first-order valence-electron chi connectivity index (χ1n) is 4.99. The van der Waals surface area contributed by atoms with Gasteiger partial charge in [0, 0.05) is 12.6 Å². The van der Waals surface area contributed by atoms with Gasteiger partial charge in [0.05, 0.1) is 24.9 Å². The fourth-order valence-electron chi connectivity index (χ4n) is 1.96. The molecule has 2 rings (SSSR count). The minimum Gasteiger partial charge on any atom is -0.396 e. The van der Waals surface area contributed by atoms with Crippen LogP contribution in [0.1, 0.15) is 6.42 Å². The number of aliphatic hydroxyl groups excluding tert-OH is 1. The predicted molar refractivity (Wildman–Crippen MR) is 56.4 cm³/mol. The van der Waals surface area contributed by atoms with Gasteiger partial charge >= 0.3 is 0 Å². The van der Waals surface area contributed by atoms with Gasteiger partial charge in [-0.15, -0.1) is 0 Å². The summed E-state index contributed by atoms with van der Waals surface area (Å²) in [6, 6.07) is 2.63. The van der Waals surface area contributed by atoms with Crippen LogP contribution < -0.4 is 10.6 Å². The normalized spacial score (nSPS) is 23.7. The van der Waals surface area contributed by atoms with E-state index in [0.717, 1.165) is 0 Å². The zero-order valence-corrected chi connectivity index (χ0v) is 8.61. The highest BCUT2D eigenvalue weighted by molar-refractivity contribution is 5.63. The van der Waals surface area contributed by atoms with Gasteiger partial charge in [0.2, 0.25) is 0 Å². The minimum atomic E-state index is -2.79.